The largest absolute Gasteiger partial charge is 0.322 e. The van der Waals surface area contributed by atoms with Crippen molar-refractivity contribution >= 4 is 0 Å². The summed E-state index contributed by atoms with van der Waals surface area (Å²) in [6.45, 7) is 3.53. The highest BCUT2D eigenvalue weighted by molar-refractivity contribution is 5.13. The minimum atomic E-state index is -0.623. The Kier molecular flexibility index (Phi) is 1.78. The van der Waals surface area contributed by atoms with E-state index in [-0.39, 0.29) is 5.56 Å². The number of aromatic nitrogens is 2. The average Bonchev–Trinajstić information content (AvgIpc) is 1.86. The molecule has 0 aliphatic heterocycles. The quantitative estimate of drug-likeness (QED) is 0.594. The third-order valence-electron chi connectivity index (χ3n) is 1.41. The van der Waals surface area contributed by atoms with E-state index in [2.05, 4.69) is 9.97 Å². The minimum Gasteiger partial charge on any atom is -0.322 e. The summed E-state index contributed by atoms with van der Waals surface area (Å²) in [4.78, 5) is 17.3. The SMILES string of the molecule is CC(C)(N)c1cnc[nH]c1=O. The van der Waals surface area contributed by atoms with Crippen molar-refractivity contribution < 1.29 is 0 Å². The summed E-state index contributed by atoms with van der Waals surface area (Å²) in [6, 6.07) is 0. The van der Waals surface area contributed by atoms with Crippen LogP contribution in [0.5, 0.6) is 0 Å². The summed E-state index contributed by atoms with van der Waals surface area (Å²) in [7, 11) is 0. The standard InChI is InChI=1S/C7H11N3O/c1-7(2,8)5-3-9-4-10-6(5)11/h3-4H,8H2,1-2H3,(H,9,10,11). The molecule has 0 saturated heterocycles. The van der Waals surface area contributed by atoms with Crippen molar-refractivity contribution in [2.75, 3.05) is 0 Å². The Bertz CT molecular complexity index is 297. The summed E-state index contributed by atoms with van der Waals surface area (Å²) < 4.78 is 0. The molecule has 0 radical (unpaired) electrons. The van der Waals surface area contributed by atoms with Crippen LogP contribution in [0.25, 0.3) is 0 Å². The topological polar surface area (TPSA) is 71.8 Å². The first-order valence-electron chi connectivity index (χ1n) is 3.34. The molecule has 1 aromatic heterocycles. The molecule has 0 bridgehead atoms. The predicted octanol–water partition coefficient (Wildman–Crippen LogP) is -0.0363. The monoisotopic (exact) mass is 153 g/mol. The molecule has 4 heteroatoms. The van der Waals surface area contributed by atoms with Gasteiger partial charge in [0.15, 0.2) is 0 Å². The minimum absolute atomic E-state index is 0.174. The van der Waals surface area contributed by atoms with E-state index >= 15 is 0 Å². The first-order valence-corrected chi connectivity index (χ1v) is 3.34. The zero-order valence-corrected chi connectivity index (χ0v) is 6.59. The molecule has 1 heterocycles. The first-order chi connectivity index (χ1) is 5.02. The molecule has 0 spiro atoms. The second-order valence-corrected chi connectivity index (χ2v) is 3.02. The van der Waals surface area contributed by atoms with Gasteiger partial charge in [-0.15, -0.1) is 0 Å². The number of hydrogen-bond donors (Lipinski definition) is 2. The Hall–Kier alpha value is -1.16. The van der Waals surface area contributed by atoms with E-state index in [9.17, 15) is 4.79 Å². The molecule has 60 valence electrons. The van der Waals surface area contributed by atoms with Crippen molar-refractivity contribution in [3.05, 3.63) is 28.4 Å². The summed E-state index contributed by atoms with van der Waals surface area (Å²) in [5.41, 5.74) is 5.40. The van der Waals surface area contributed by atoms with E-state index in [4.69, 9.17) is 5.73 Å². The Balaban J connectivity index is 3.26. The lowest BCUT2D eigenvalue weighted by molar-refractivity contribution is 0.543. The lowest BCUT2D eigenvalue weighted by atomic mass is 9.99. The molecule has 1 aromatic rings. The fraction of sp³-hybridized carbons (Fsp3) is 0.429. The molecule has 1 rings (SSSR count). The van der Waals surface area contributed by atoms with Crippen LogP contribution in [0.4, 0.5) is 0 Å². The summed E-state index contributed by atoms with van der Waals surface area (Å²) in [5.74, 6) is 0. The van der Waals surface area contributed by atoms with Gasteiger partial charge >= 0.3 is 0 Å². The van der Waals surface area contributed by atoms with E-state index in [0.29, 0.717) is 5.56 Å². The van der Waals surface area contributed by atoms with Gasteiger partial charge in [0.1, 0.15) is 0 Å². The molecule has 0 aromatic carbocycles. The van der Waals surface area contributed by atoms with Gasteiger partial charge in [0.2, 0.25) is 0 Å². The van der Waals surface area contributed by atoms with Crippen LogP contribution in [0.3, 0.4) is 0 Å². The van der Waals surface area contributed by atoms with Gasteiger partial charge in [0.05, 0.1) is 11.9 Å². The molecule has 0 fully saturated rings. The fourth-order valence-electron chi connectivity index (χ4n) is 0.803. The zero-order chi connectivity index (χ0) is 8.48. The molecule has 0 saturated carbocycles. The van der Waals surface area contributed by atoms with Gasteiger partial charge in [0, 0.05) is 11.7 Å². The van der Waals surface area contributed by atoms with E-state index in [1.54, 1.807) is 13.8 Å². The lowest BCUT2D eigenvalue weighted by Gasteiger charge is -2.16. The smallest absolute Gasteiger partial charge is 0.255 e. The van der Waals surface area contributed by atoms with Crippen LogP contribution in [0, 0.1) is 0 Å². The maximum atomic E-state index is 11.1. The van der Waals surface area contributed by atoms with Crippen LogP contribution in [0.2, 0.25) is 0 Å². The number of nitrogens with two attached hydrogens (primary N) is 1. The molecule has 0 atom stereocenters. The molecule has 0 unspecified atom stereocenters. The van der Waals surface area contributed by atoms with Crippen LogP contribution < -0.4 is 11.3 Å². The van der Waals surface area contributed by atoms with Gasteiger partial charge in [-0.3, -0.25) is 4.79 Å². The Morgan fingerprint density at radius 3 is 2.64 bits per heavy atom. The number of hydrogen-bond acceptors (Lipinski definition) is 3. The van der Waals surface area contributed by atoms with Crippen LogP contribution in [0.1, 0.15) is 19.4 Å². The fourth-order valence-corrected chi connectivity index (χ4v) is 0.803. The zero-order valence-electron chi connectivity index (χ0n) is 6.59. The lowest BCUT2D eigenvalue weighted by Crippen LogP contribution is -2.35. The van der Waals surface area contributed by atoms with Crippen molar-refractivity contribution in [2.24, 2.45) is 5.73 Å². The number of rotatable bonds is 1. The van der Waals surface area contributed by atoms with Gasteiger partial charge in [-0.05, 0) is 13.8 Å². The van der Waals surface area contributed by atoms with Gasteiger partial charge in [0.25, 0.3) is 5.56 Å². The molecule has 11 heavy (non-hydrogen) atoms. The van der Waals surface area contributed by atoms with Crippen molar-refractivity contribution in [2.45, 2.75) is 19.4 Å². The van der Waals surface area contributed by atoms with Crippen molar-refractivity contribution in [1.82, 2.24) is 9.97 Å². The average molecular weight is 153 g/mol. The molecule has 4 nitrogen and oxygen atoms in total. The van der Waals surface area contributed by atoms with E-state index < -0.39 is 5.54 Å². The maximum absolute atomic E-state index is 11.1. The van der Waals surface area contributed by atoms with Crippen molar-refractivity contribution in [3.63, 3.8) is 0 Å². The molecular weight excluding hydrogens is 142 g/mol. The highest BCUT2D eigenvalue weighted by atomic mass is 16.1. The molecule has 0 aliphatic carbocycles. The Morgan fingerprint density at radius 2 is 2.27 bits per heavy atom. The first kappa shape index (κ1) is 7.94. The van der Waals surface area contributed by atoms with E-state index in [0.717, 1.165) is 0 Å². The number of aromatic amines is 1. The van der Waals surface area contributed by atoms with Crippen LogP contribution >= 0.6 is 0 Å². The highest BCUT2D eigenvalue weighted by Crippen LogP contribution is 2.09. The highest BCUT2D eigenvalue weighted by Gasteiger charge is 2.17. The van der Waals surface area contributed by atoms with Crippen LogP contribution in [0.15, 0.2) is 17.3 Å². The number of nitrogens with one attached hydrogen (secondary N) is 1. The summed E-state index contributed by atoms with van der Waals surface area (Å²) >= 11 is 0. The van der Waals surface area contributed by atoms with Gasteiger partial charge in [-0.25, -0.2) is 4.98 Å². The van der Waals surface area contributed by atoms with E-state index in [1.807, 2.05) is 0 Å². The Morgan fingerprint density at radius 1 is 1.64 bits per heavy atom. The predicted molar refractivity (Wildman–Crippen MR) is 42.1 cm³/mol. The Labute approximate surface area is 64.5 Å². The maximum Gasteiger partial charge on any atom is 0.255 e. The second-order valence-electron chi connectivity index (χ2n) is 3.02. The van der Waals surface area contributed by atoms with Crippen LogP contribution in [-0.4, -0.2) is 9.97 Å². The van der Waals surface area contributed by atoms with E-state index in [1.165, 1.54) is 12.5 Å². The molecule has 3 N–H and O–H groups in total. The van der Waals surface area contributed by atoms with Crippen molar-refractivity contribution in [1.29, 1.82) is 0 Å². The van der Waals surface area contributed by atoms with Gasteiger partial charge in [-0.1, -0.05) is 0 Å². The third-order valence-corrected chi connectivity index (χ3v) is 1.41. The van der Waals surface area contributed by atoms with Crippen molar-refractivity contribution in [3.8, 4) is 0 Å². The number of nitrogens with zero attached hydrogens (tertiary/aromatic N) is 1. The summed E-state index contributed by atoms with van der Waals surface area (Å²) in [5, 5.41) is 0. The molecule has 0 aliphatic rings. The summed E-state index contributed by atoms with van der Waals surface area (Å²) in [6.07, 6.45) is 2.83. The van der Waals surface area contributed by atoms with Gasteiger partial charge < -0.3 is 10.7 Å². The number of H-pyrrole nitrogens is 1. The molecular formula is C7H11N3O. The molecule has 0 amide bonds. The third kappa shape index (κ3) is 1.65. The normalized spacial score (nSPS) is 11.5. The van der Waals surface area contributed by atoms with Gasteiger partial charge in [-0.2, -0.15) is 0 Å². The van der Waals surface area contributed by atoms with Crippen LogP contribution in [-0.2, 0) is 5.54 Å². The second kappa shape index (κ2) is 2.47.